The van der Waals surface area contributed by atoms with Gasteiger partial charge in [-0.3, -0.25) is 0 Å². The van der Waals surface area contributed by atoms with Crippen LogP contribution in [0.2, 0.25) is 0 Å². The summed E-state index contributed by atoms with van der Waals surface area (Å²) >= 11 is 0. The summed E-state index contributed by atoms with van der Waals surface area (Å²) in [4.78, 5) is 5.64. The molecular weight excluding hydrogens is 619 g/mol. The van der Waals surface area contributed by atoms with Gasteiger partial charge in [-0.25, -0.2) is 0 Å². The third-order valence-electron chi connectivity index (χ3n) is 9.30. The molecule has 2 aliphatic heterocycles. The van der Waals surface area contributed by atoms with Crippen molar-refractivity contribution in [2.45, 2.75) is 68.1 Å². The van der Waals surface area contributed by atoms with Gasteiger partial charge < -0.3 is 0 Å². The van der Waals surface area contributed by atoms with Crippen molar-refractivity contribution in [3.8, 4) is 0 Å². The van der Waals surface area contributed by atoms with Gasteiger partial charge in [0.1, 0.15) is 0 Å². The van der Waals surface area contributed by atoms with Gasteiger partial charge in [0.2, 0.25) is 0 Å². The second kappa shape index (κ2) is 18.2. The van der Waals surface area contributed by atoms with Crippen LogP contribution < -0.4 is 10.6 Å². The van der Waals surface area contributed by atoms with Crippen LogP contribution in [0.4, 0.5) is 0 Å². The standard InChI is InChI=1S/C39H46BNO4P2/c40-41-45-30-37-23-22-36(29-44-26-33-16-8-3-9-17-33)47(37)39-19-11-10-18-38(39)46-34(27-42-24-31-12-4-1-5-13-31)20-21-35(46)28-43-25-32-14-6-2-7-15-32/h1-19,34-37,40H,20-30H2/t34-,35-,36-,37-,47?/m0/s1. The summed E-state index contributed by atoms with van der Waals surface area (Å²) in [5.41, 5.74) is 5.57. The summed E-state index contributed by atoms with van der Waals surface area (Å²) in [5, 5.41) is 6.86. The van der Waals surface area contributed by atoms with E-state index in [1.54, 1.807) is 5.30 Å². The summed E-state index contributed by atoms with van der Waals surface area (Å²) in [6.45, 7) is 4.88. The molecule has 2 heterocycles. The smallest absolute Gasteiger partial charge is 0.0622 e. The molecule has 0 radical (unpaired) electrons. The quantitative estimate of drug-likeness (QED) is 0.0662. The Labute approximate surface area is 284 Å². The molecule has 47 heavy (non-hydrogen) atoms. The Morgan fingerprint density at radius 2 is 0.787 bits per heavy atom. The van der Waals surface area contributed by atoms with Crippen molar-refractivity contribution in [1.82, 2.24) is 0 Å². The van der Waals surface area contributed by atoms with Crippen LogP contribution in [0.1, 0.15) is 42.4 Å². The van der Waals surface area contributed by atoms with Gasteiger partial charge in [0.05, 0.1) is 0 Å². The van der Waals surface area contributed by atoms with E-state index in [1.165, 1.54) is 34.8 Å². The Balaban J connectivity index is 1.23. The third-order valence-corrected chi connectivity index (χ3v) is 16.1. The zero-order chi connectivity index (χ0) is 32.1. The van der Waals surface area contributed by atoms with Gasteiger partial charge >= 0.3 is 207 Å². The van der Waals surface area contributed by atoms with Crippen LogP contribution in [-0.2, 0) is 38.9 Å². The molecule has 0 spiro atoms. The Kier molecular flexibility index (Phi) is 13.2. The van der Waals surface area contributed by atoms with E-state index in [0.29, 0.717) is 49.1 Å². The molecule has 0 N–H and O–H groups in total. The first-order valence-corrected chi connectivity index (χ1v) is 19.8. The van der Waals surface area contributed by atoms with Crippen LogP contribution in [0.15, 0.2) is 120 Å². The van der Waals surface area contributed by atoms with Gasteiger partial charge in [-0.2, -0.15) is 0 Å². The average Bonchev–Trinajstić information content (AvgIpc) is 3.72. The normalized spacial score (nSPS) is 22.7. The van der Waals surface area contributed by atoms with Gasteiger partial charge in [-0.15, -0.1) is 0 Å². The van der Waals surface area contributed by atoms with E-state index in [1.807, 2.05) is 0 Å². The molecule has 2 fully saturated rings. The van der Waals surface area contributed by atoms with Gasteiger partial charge in [-0.1, -0.05) is 66.7 Å². The molecule has 6 rings (SSSR count). The van der Waals surface area contributed by atoms with E-state index < -0.39 is 15.8 Å². The van der Waals surface area contributed by atoms with E-state index in [2.05, 4.69) is 128 Å². The molecule has 0 aliphatic carbocycles. The number of hydrogen-bond donors (Lipinski definition) is 0. The molecule has 2 aliphatic rings. The minimum absolute atomic E-state index is 0.431. The Hall–Kier alpha value is -2.72. The zero-order valence-corrected chi connectivity index (χ0v) is 29.0. The number of benzene rings is 4. The van der Waals surface area contributed by atoms with Gasteiger partial charge in [-0.05, 0) is 11.1 Å². The van der Waals surface area contributed by atoms with Crippen LogP contribution in [0, 0.1) is 0 Å². The van der Waals surface area contributed by atoms with Crippen LogP contribution in [-0.4, -0.2) is 56.7 Å². The molecule has 2 saturated heterocycles. The second-order valence-corrected chi connectivity index (χ2v) is 18.0. The van der Waals surface area contributed by atoms with E-state index in [0.717, 1.165) is 32.7 Å². The van der Waals surface area contributed by atoms with E-state index >= 15 is 0 Å². The second-order valence-electron chi connectivity index (χ2n) is 12.5. The monoisotopic (exact) mass is 665 g/mol. The molecule has 4 aromatic rings. The fourth-order valence-corrected chi connectivity index (χ4v) is 14.5. The predicted octanol–water partition coefficient (Wildman–Crippen LogP) is 7.63. The topological polar surface area (TPSA) is 49.3 Å². The Bertz CT molecular complexity index is 1450. The van der Waals surface area contributed by atoms with Gasteiger partial charge in [0.15, 0.2) is 0 Å². The molecule has 1 unspecified atom stereocenters. The molecule has 5 nitrogen and oxygen atoms in total. The van der Waals surface area contributed by atoms with Crippen LogP contribution in [0.5, 0.6) is 0 Å². The minimum atomic E-state index is -0.535. The van der Waals surface area contributed by atoms with Crippen LogP contribution in [0.25, 0.3) is 0 Å². The maximum atomic E-state index is 6.45. The minimum Gasteiger partial charge on any atom is -0.0622 e. The van der Waals surface area contributed by atoms with Crippen molar-refractivity contribution in [1.29, 1.82) is 0 Å². The first-order valence-electron chi connectivity index (χ1n) is 16.9. The fourth-order valence-electron chi connectivity index (χ4n) is 7.06. The fraction of sp³-hybridized carbons (Fsp3) is 0.385. The molecule has 0 saturated carbocycles. The van der Waals surface area contributed by atoms with E-state index in [9.17, 15) is 0 Å². The Morgan fingerprint density at radius 3 is 1.13 bits per heavy atom. The molecule has 4 aromatic carbocycles. The molecular formula is C39H46BNO4P2. The first kappa shape index (κ1) is 34.2. The van der Waals surface area contributed by atoms with Crippen molar-refractivity contribution < 1.29 is 19.0 Å². The molecule has 8 heteroatoms. The molecule has 0 aromatic heterocycles. The van der Waals surface area contributed by atoms with E-state index in [-0.39, 0.29) is 0 Å². The summed E-state index contributed by atoms with van der Waals surface area (Å²) in [7, 11) is 2.56. The summed E-state index contributed by atoms with van der Waals surface area (Å²) in [5.74, 6) is 0. The van der Waals surface area contributed by atoms with Crippen molar-refractivity contribution in [2.24, 2.45) is 5.06 Å². The number of ether oxygens (including phenoxy) is 3. The van der Waals surface area contributed by atoms with Gasteiger partial charge in [0, 0.05) is 0 Å². The third kappa shape index (κ3) is 9.47. The van der Waals surface area contributed by atoms with E-state index in [4.69, 9.17) is 19.0 Å². The SMILES string of the molecule is B=NOC[C@@H]1CC[C@@H](COCc2ccccc2)P1c1ccccc1P1[C@H](COCc2ccccc2)CC[C@H]1COCc1ccccc1. The Morgan fingerprint density at radius 1 is 0.468 bits per heavy atom. The van der Waals surface area contributed by atoms with Crippen molar-refractivity contribution in [2.75, 3.05) is 26.4 Å². The summed E-state index contributed by atoms with van der Waals surface area (Å²) in [6, 6.07) is 40.9. The molecule has 244 valence electrons. The number of rotatable bonds is 17. The molecule has 0 amide bonds. The predicted molar refractivity (Wildman–Crippen MR) is 197 cm³/mol. The first-order chi connectivity index (χ1) is 23.3. The summed E-state index contributed by atoms with van der Waals surface area (Å²) < 4.78 is 19.3. The maximum absolute atomic E-state index is 6.45. The average molecular weight is 666 g/mol. The number of hydrogen-bond acceptors (Lipinski definition) is 5. The zero-order valence-electron chi connectivity index (χ0n) is 27.2. The van der Waals surface area contributed by atoms with Crippen LogP contribution >= 0.6 is 15.8 Å². The van der Waals surface area contributed by atoms with Gasteiger partial charge in [0.25, 0.3) is 0 Å². The summed E-state index contributed by atoms with van der Waals surface area (Å²) in [6.07, 6.45) is 4.61. The molecule has 5 atom stereocenters. The van der Waals surface area contributed by atoms with Crippen molar-refractivity contribution in [3.05, 3.63) is 132 Å². The van der Waals surface area contributed by atoms with Crippen LogP contribution in [0.3, 0.4) is 0 Å². The number of nitrogens with zero attached hydrogens (tertiary/aromatic N) is 1. The van der Waals surface area contributed by atoms with Crippen molar-refractivity contribution >= 4 is 34.1 Å². The van der Waals surface area contributed by atoms with Crippen molar-refractivity contribution in [3.63, 3.8) is 0 Å². The molecule has 0 bridgehead atoms.